The van der Waals surface area contributed by atoms with Crippen LogP contribution in [0.25, 0.3) is 5.65 Å². The number of benzene rings is 1. The molecule has 2 aromatic heterocycles. The molecule has 1 amide bonds. The second kappa shape index (κ2) is 7.22. The van der Waals surface area contributed by atoms with Gasteiger partial charge in [0.05, 0.1) is 0 Å². The molecule has 0 spiro atoms. The molecule has 1 aliphatic carbocycles. The van der Waals surface area contributed by atoms with Crippen LogP contribution in [0.15, 0.2) is 42.5 Å². The lowest BCUT2D eigenvalue weighted by Gasteiger charge is -2.32. The molecule has 0 bridgehead atoms. The van der Waals surface area contributed by atoms with Gasteiger partial charge in [-0.25, -0.2) is 0 Å². The zero-order valence-electron chi connectivity index (χ0n) is 15.8. The first kappa shape index (κ1) is 17.2. The minimum absolute atomic E-state index is 0.138. The van der Waals surface area contributed by atoms with Gasteiger partial charge in [-0.15, -0.1) is 15.3 Å². The monoisotopic (exact) mass is 376 g/mol. The summed E-state index contributed by atoms with van der Waals surface area (Å²) in [5.41, 5.74) is 1.58. The summed E-state index contributed by atoms with van der Waals surface area (Å²) in [5.74, 6) is 3.04. The first-order valence-electron chi connectivity index (χ1n) is 10.1. The Bertz CT molecular complexity index is 973. The van der Waals surface area contributed by atoms with Gasteiger partial charge in [0.2, 0.25) is 0 Å². The van der Waals surface area contributed by atoms with E-state index in [0.29, 0.717) is 11.8 Å². The molecule has 2 fully saturated rings. The Kier molecular flexibility index (Phi) is 4.43. The number of carbonyl (C=O) groups is 1. The van der Waals surface area contributed by atoms with Crippen molar-refractivity contribution in [1.82, 2.24) is 24.7 Å². The van der Waals surface area contributed by atoms with Crippen LogP contribution in [-0.2, 0) is 0 Å². The lowest BCUT2D eigenvalue weighted by molar-refractivity contribution is 0.0695. The van der Waals surface area contributed by atoms with Crippen molar-refractivity contribution in [2.75, 3.05) is 25.0 Å². The van der Waals surface area contributed by atoms with E-state index in [2.05, 4.69) is 20.6 Å². The molecule has 0 radical (unpaired) electrons. The minimum Gasteiger partial charge on any atom is -0.368 e. The molecule has 1 aromatic carbocycles. The van der Waals surface area contributed by atoms with E-state index in [9.17, 15) is 4.79 Å². The van der Waals surface area contributed by atoms with Crippen molar-refractivity contribution in [2.24, 2.45) is 5.92 Å². The third-order valence-corrected chi connectivity index (χ3v) is 5.72. The Morgan fingerprint density at radius 2 is 1.79 bits per heavy atom. The average molecular weight is 376 g/mol. The van der Waals surface area contributed by atoms with E-state index in [-0.39, 0.29) is 5.91 Å². The highest BCUT2D eigenvalue weighted by atomic mass is 16.2. The third-order valence-electron chi connectivity index (χ3n) is 5.72. The van der Waals surface area contributed by atoms with Crippen LogP contribution in [0.1, 0.15) is 47.8 Å². The highest BCUT2D eigenvalue weighted by molar-refractivity contribution is 5.94. The van der Waals surface area contributed by atoms with Crippen LogP contribution in [0.5, 0.6) is 0 Å². The fourth-order valence-electron chi connectivity index (χ4n) is 3.85. The molecular weight excluding hydrogens is 352 g/mol. The van der Waals surface area contributed by atoms with Gasteiger partial charge in [-0.3, -0.25) is 4.79 Å². The molecule has 1 aliphatic heterocycles. The Hall–Kier alpha value is -2.96. The van der Waals surface area contributed by atoms with Crippen molar-refractivity contribution >= 4 is 17.4 Å². The Morgan fingerprint density at radius 1 is 1.00 bits per heavy atom. The summed E-state index contributed by atoms with van der Waals surface area (Å²) in [6, 6.07) is 13.5. The molecule has 7 nitrogen and oxygen atoms in total. The lowest BCUT2D eigenvalue weighted by Crippen LogP contribution is -2.39. The number of anilines is 1. The fraction of sp³-hybridized carbons (Fsp3) is 0.429. The number of hydrogen-bond acceptors (Lipinski definition) is 5. The quantitative estimate of drug-likeness (QED) is 0.741. The summed E-state index contributed by atoms with van der Waals surface area (Å²) in [6.07, 6.45) is 4.38. The van der Waals surface area contributed by atoms with Crippen molar-refractivity contribution in [3.63, 3.8) is 0 Å². The average Bonchev–Trinajstić information content (AvgIpc) is 3.51. The lowest BCUT2D eigenvalue weighted by atomic mass is 9.96. The molecule has 3 heterocycles. The Balaban J connectivity index is 1.17. The first-order chi connectivity index (χ1) is 13.8. The fourth-order valence-corrected chi connectivity index (χ4v) is 3.85. The summed E-state index contributed by atoms with van der Waals surface area (Å²) in [6.45, 7) is 2.49. The standard InChI is InChI=1S/C21H24N6O/c28-21(17-4-2-1-3-5-17)26-12-10-15(11-13-26)14-22-18-8-9-19-23-24-20(16-6-7-16)27(19)25-18/h1-5,8-9,15-16H,6-7,10-14H2,(H,22,25). The van der Waals surface area contributed by atoms with Crippen LogP contribution in [-0.4, -0.2) is 50.3 Å². The van der Waals surface area contributed by atoms with Crippen LogP contribution >= 0.6 is 0 Å². The number of piperidine rings is 1. The third kappa shape index (κ3) is 3.44. The highest BCUT2D eigenvalue weighted by Crippen LogP contribution is 2.38. The van der Waals surface area contributed by atoms with Gasteiger partial charge in [-0.1, -0.05) is 18.2 Å². The summed E-state index contributed by atoms with van der Waals surface area (Å²) in [4.78, 5) is 14.5. The van der Waals surface area contributed by atoms with Gasteiger partial charge >= 0.3 is 0 Å². The van der Waals surface area contributed by atoms with Gasteiger partial charge < -0.3 is 10.2 Å². The van der Waals surface area contributed by atoms with E-state index in [4.69, 9.17) is 0 Å². The largest absolute Gasteiger partial charge is 0.368 e. The SMILES string of the molecule is O=C(c1ccccc1)N1CCC(CNc2ccc3nnc(C4CC4)n3n2)CC1. The molecule has 5 rings (SSSR count). The summed E-state index contributed by atoms with van der Waals surface area (Å²) in [5, 5.41) is 16.6. The van der Waals surface area contributed by atoms with E-state index >= 15 is 0 Å². The molecule has 7 heteroatoms. The zero-order valence-corrected chi connectivity index (χ0v) is 15.8. The van der Waals surface area contributed by atoms with Gasteiger partial charge in [-0.05, 0) is 55.9 Å². The van der Waals surface area contributed by atoms with Crippen LogP contribution < -0.4 is 5.32 Å². The molecule has 0 unspecified atom stereocenters. The molecular formula is C21H24N6O. The maximum Gasteiger partial charge on any atom is 0.253 e. The summed E-state index contributed by atoms with van der Waals surface area (Å²) >= 11 is 0. The number of hydrogen-bond donors (Lipinski definition) is 1. The zero-order chi connectivity index (χ0) is 18.9. The van der Waals surface area contributed by atoms with Gasteiger partial charge in [0, 0.05) is 31.1 Å². The smallest absolute Gasteiger partial charge is 0.253 e. The van der Waals surface area contributed by atoms with Gasteiger partial charge in [-0.2, -0.15) is 4.52 Å². The Labute approximate surface area is 163 Å². The number of fused-ring (bicyclic) bond motifs is 1. The van der Waals surface area contributed by atoms with Crippen molar-refractivity contribution in [3.8, 4) is 0 Å². The van der Waals surface area contributed by atoms with E-state index < -0.39 is 0 Å². The number of nitrogens with one attached hydrogen (secondary N) is 1. The maximum absolute atomic E-state index is 12.6. The molecule has 0 atom stereocenters. The summed E-state index contributed by atoms with van der Waals surface area (Å²) in [7, 11) is 0. The number of carbonyl (C=O) groups excluding carboxylic acids is 1. The number of likely N-dealkylation sites (tertiary alicyclic amines) is 1. The van der Waals surface area contributed by atoms with Gasteiger partial charge in [0.1, 0.15) is 5.82 Å². The number of amides is 1. The van der Waals surface area contributed by atoms with Crippen LogP contribution in [0.3, 0.4) is 0 Å². The summed E-state index contributed by atoms with van der Waals surface area (Å²) < 4.78 is 1.88. The molecule has 3 aromatic rings. The number of nitrogens with zero attached hydrogens (tertiary/aromatic N) is 5. The predicted octanol–water partition coefficient (Wildman–Crippen LogP) is 2.97. The normalized spacial score (nSPS) is 17.8. The van der Waals surface area contributed by atoms with E-state index in [1.54, 1.807) is 0 Å². The highest BCUT2D eigenvalue weighted by Gasteiger charge is 2.29. The second-order valence-corrected chi connectivity index (χ2v) is 7.80. The first-order valence-corrected chi connectivity index (χ1v) is 10.1. The van der Waals surface area contributed by atoms with Crippen LogP contribution in [0.4, 0.5) is 5.82 Å². The number of rotatable bonds is 5. The van der Waals surface area contributed by atoms with E-state index in [1.165, 1.54) is 12.8 Å². The maximum atomic E-state index is 12.6. The minimum atomic E-state index is 0.138. The molecule has 1 saturated heterocycles. The topological polar surface area (TPSA) is 75.4 Å². The number of aromatic nitrogens is 4. The molecule has 1 saturated carbocycles. The van der Waals surface area contributed by atoms with E-state index in [1.807, 2.05) is 51.9 Å². The molecule has 1 N–H and O–H groups in total. The van der Waals surface area contributed by atoms with Gasteiger partial charge in [0.15, 0.2) is 11.5 Å². The Morgan fingerprint density at radius 3 is 2.54 bits per heavy atom. The predicted molar refractivity (Wildman–Crippen MR) is 106 cm³/mol. The van der Waals surface area contributed by atoms with Gasteiger partial charge in [0.25, 0.3) is 5.91 Å². The molecule has 144 valence electrons. The second-order valence-electron chi connectivity index (χ2n) is 7.80. The van der Waals surface area contributed by atoms with Crippen LogP contribution in [0.2, 0.25) is 0 Å². The molecule has 2 aliphatic rings. The van der Waals surface area contributed by atoms with Crippen molar-refractivity contribution in [3.05, 3.63) is 53.9 Å². The van der Waals surface area contributed by atoms with E-state index in [0.717, 1.165) is 55.3 Å². The molecule has 28 heavy (non-hydrogen) atoms. The van der Waals surface area contributed by atoms with Crippen molar-refractivity contribution in [2.45, 2.75) is 31.6 Å². The van der Waals surface area contributed by atoms with Crippen molar-refractivity contribution in [1.29, 1.82) is 0 Å². The van der Waals surface area contributed by atoms with Crippen molar-refractivity contribution < 1.29 is 4.79 Å². The van der Waals surface area contributed by atoms with Crippen LogP contribution in [0, 0.1) is 5.92 Å².